The topological polar surface area (TPSA) is 106 Å². The quantitative estimate of drug-likeness (QED) is 0.334. The van der Waals surface area contributed by atoms with Crippen LogP contribution in [0.4, 0.5) is 4.79 Å². The number of alkyl carbamates (subject to hydrolysis) is 1. The van der Waals surface area contributed by atoms with Crippen molar-refractivity contribution < 1.29 is 28.6 Å². The zero-order chi connectivity index (χ0) is 25.6. The van der Waals surface area contributed by atoms with E-state index in [0.717, 1.165) is 63.6 Å². The smallest absolute Gasteiger partial charge is 0.408 e. The van der Waals surface area contributed by atoms with Crippen molar-refractivity contribution in [3.63, 3.8) is 0 Å². The monoisotopic (exact) mass is 503 g/mol. The molecule has 0 bridgehead atoms. The number of nitrogens with zero attached hydrogens (tertiary/aromatic N) is 1. The van der Waals surface area contributed by atoms with E-state index in [1.165, 1.54) is 0 Å². The van der Waals surface area contributed by atoms with E-state index in [2.05, 4.69) is 15.5 Å². The summed E-state index contributed by atoms with van der Waals surface area (Å²) >= 11 is 0. The number of benzene rings is 1. The number of amides is 2. The van der Waals surface area contributed by atoms with Gasteiger partial charge in [-0.1, -0.05) is 49.6 Å². The molecule has 1 aromatic carbocycles. The minimum Gasteiger partial charge on any atom is -0.465 e. The van der Waals surface area contributed by atoms with Crippen molar-refractivity contribution in [2.24, 2.45) is 5.92 Å². The molecule has 0 unspecified atom stereocenters. The average molecular weight is 504 g/mol. The normalized spacial score (nSPS) is 18.2. The molecule has 1 saturated carbocycles. The Morgan fingerprint density at radius 1 is 1.00 bits per heavy atom. The van der Waals surface area contributed by atoms with E-state index in [1.807, 2.05) is 37.3 Å². The highest BCUT2D eigenvalue weighted by molar-refractivity contribution is 5.86. The van der Waals surface area contributed by atoms with Crippen LogP contribution in [0.5, 0.6) is 0 Å². The van der Waals surface area contributed by atoms with Gasteiger partial charge in [-0.3, -0.25) is 14.5 Å². The number of likely N-dealkylation sites (tertiary alicyclic amines) is 1. The van der Waals surface area contributed by atoms with Crippen LogP contribution in [0.1, 0.15) is 57.4 Å². The van der Waals surface area contributed by atoms with Crippen LogP contribution in [0.3, 0.4) is 0 Å². The molecule has 1 aliphatic heterocycles. The lowest BCUT2D eigenvalue weighted by molar-refractivity contribution is -0.145. The Kier molecular flexibility index (Phi) is 12.0. The summed E-state index contributed by atoms with van der Waals surface area (Å²) in [6.45, 7) is 5.05. The molecule has 0 radical (unpaired) electrons. The molecule has 2 fully saturated rings. The maximum atomic E-state index is 13.0. The van der Waals surface area contributed by atoms with Gasteiger partial charge in [0, 0.05) is 19.6 Å². The van der Waals surface area contributed by atoms with Gasteiger partial charge in [-0.25, -0.2) is 4.79 Å². The number of piperidine rings is 1. The molecule has 200 valence electrons. The second kappa shape index (κ2) is 15.5. The standard InChI is InChI=1S/C27H41N3O6/c1-2-34-24(31)19-30-16-13-23(14-17-30)35-18-15-28-26(32)25(22-11-7-4-8-12-22)29-27(33)36-20-21-9-5-3-6-10-21/h3,5-6,9-10,22-23,25H,2,4,7-8,11-20H2,1H3,(H,28,32)(H,29,33)/t25-/m1/s1. The third-order valence-electron chi connectivity index (χ3n) is 6.84. The lowest BCUT2D eigenvalue weighted by atomic mass is 9.83. The van der Waals surface area contributed by atoms with Gasteiger partial charge in [0.05, 0.1) is 25.9 Å². The van der Waals surface area contributed by atoms with Crippen LogP contribution in [0.25, 0.3) is 0 Å². The van der Waals surface area contributed by atoms with E-state index in [4.69, 9.17) is 14.2 Å². The summed E-state index contributed by atoms with van der Waals surface area (Å²) < 4.78 is 16.3. The molecule has 1 aliphatic carbocycles. The van der Waals surface area contributed by atoms with Gasteiger partial charge in [0.15, 0.2) is 0 Å². The second-order valence-electron chi connectivity index (χ2n) is 9.52. The first-order valence-electron chi connectivity index (χ1n) is 13.3. The van der Waals surface area contributed by atoms with E-state index >= 15 is 0 Å². The lowest BCUT2D eigenvalue weighted by Gasteiger charge is -2.31. The fourth-order valence-electron chi connectivity index (χ4n) is 4.89. The summed E-state index contributed by atoms with van der Waals surface area (Å²) in [6, 6.07) is 8.87. The van der Waals surface area contributed by atoms with Crippen molar-refractivity contribution in [1.82, 2.24) is 15.5 Å². The van der Waals surface area contributed by atoms with Crippen LogP contribution in [-0.2, 0) is 30.4 Å². The first kappa shape index (κ1) is 27.9. The molecule has 2 amide bonds. The van der Waals surface area contributed by atoms with Gasteiger partial charge in [0.25, 0.3) is 0 Å². The first-order chi connectivity index (χ1) is 17.5. The summed E-state index contributed by atoms with van der Waals surface area (Å²) in [7, 11) is 0. The number of hydrogen-bond acceptors (Lipinski definition) is 7. The van der Waals surface area contributed by atoms with Crippen molar-refractivity contribution in [3.05, 3.63) is 35.9 Å². The summed E-state index contributed by atoms with van der Waals surface area (Å²) in [5.41, 5.74) is 0.898. The maximum Gasteiger partial charge on any atom is 0.408 e. The van der Waals surface area contributed by atoms with Crippen molar-refractivity contribution in [3.8, 4) is 0 Å². The van der Waals surface area contributed by atoms with Crippen molar-refractivity contribution in [1.29, 1.82) is 0 Å². The van der Waals surface area contributed by atoms with E-state index < -0.39 is 12.1 Å². The average Bonchev–Trinajstić information content (AvgIpc) is 2.90. The van der Waals surface area contributed by atoms with E-state index in [1.54, 1.807) is 0 Å². The molecule has 1 heterocycles. The Morgan fingerprint density at radius 3 is 2.42 bits per heavy atom. The maximum absolute atomic E-state index is 13.0. The summed E-state index contributed by atoms with van der Waals surface area (Å²) in [6.07, 6.45) is 6.34. The van der Waals surface area contributed by atoms with Gasteiger partial charge in [-0.15, -0.1) is 0 Å². The highest BCUT2D eigenvalue weighted by atomic mass is 16.5. The Bertz CT molecular complexity index is 807. The number of esters is 1. The second-order valence-corrected chi connectivity index (χ2v) is 9.52. The van der Waals surface area contributed by atoms with Crippen LogP contribution >= 0.6 is 0 Å². The van der Waals surface area contributed by atoms with Crippen LogP contribution in [0.15, 0.2) is 30.3 Å². The fraction of sp³-hybridized carbons (Fsp3) is 0.667. The molecule has 1 aromatic rings. The van der Waals surface area contributed by atoms with Gasteiger partial charge in [-0.2, -0.15) is 0 Å². The molecule has 1 saturated heterocycles. The molecule has 0 spiro atoms. The van der Waals surface area contributed by atoms with Crippen LogP contribution in [0, 0.1) is 5.92 Å². The molecule has 2 aliphatic rings. The molecular weight excluding hydrogens is 462 g/mol. The highest BCUT2D eigenvalue weighted by Crippen LogP contribution is 2.27. The Morgan fingerprint density at radius 2 is 1.72 bits per heavy atom. The Balaban J connectivity index is 1.38. The molecule has 1 atom stereocenters. The number of hydrogen-bond donors (Lipinski definition) is 2. The summed E-state index contributed by atoms with van der Waals surface area (Å²) in [5, 5.41) is 5.76. The van der Waals surface area contributed by atoms with Crippen LogP contribution < -0.4 is 10.6 Å². The van der Waals surface area contributed by atoms with Gasteiger partial charge >= 0.3 is 12.1 Å². The molecule has 9 heteroatoms. The predicted molar refractivity (Wildman–Crippen MR) is 135 cm³/mol. The summed E-state index contributed by atoms with van der Waals surface area (Å²) in [5.74, 6) is -0.274. The molecular formula is C27H41N3O6. The van der Waals surface area contributed by atoms with Gasteiger partial charge in [-0.05, 0) is 44.1 Å². The fourth-order valence-corrected chi connectivity index (χ4v) is 4.89. The van der Waals surface area contributed by atoms with E-state index in [-0.39, 0.29) is 30.5 Å². The Labute approximate surface area is 214 Å². The SMILES string of the molecule is CCOC(=O)CN1CCC(OCCNC(=O)[C@H](NC(=O)OCc2ccccc2)C2CCCCC2)CC1. The molecule has 2 N–H and O–H groups in total. The van der Waals surface area contributed by atoms with Crippen molar-refractivity contribution >= 4 is 18.0 Å². The lowest BCUT2D eigenvalue weighted by Crippen LogP contribution is -2.52. The summed E-state index contributed by atoms with van der Waals surface area (Å²) in [4.78, 5) is 39.2. The van der Waals surface area contributed by atoms with Gasteiger partial charge in [0.1, 0.15) is 12.6 Å². The number of carbonyl (C=O) groups excluding carboxylic acids is 3. The molecule has 3 rings (SSSR count). The highest BCUT2D eigenvalue weighted by Gasteiger charge is 2.31. The zero-order valence-electron chi connectivity index (χ0n) is 21.4. The predicted octanol–water partition coefficient (Wildman–Crippen LogP) is 3.02. The Hall–Kier alpha value is -2.65. The number of nitrogens with one attached hydrogen (secondary N) is 2. The molecule has 9 nitrogen and oxygen atoms in total. The minimum absolute atomic E-state index is 0.104. The van der Waals surface area contributed by atoms with E-state index in [9.17, 15) is 14.4 Å². The molecule has 0 aromatic heterocycles. The van der Waals surface area contributed by atoms with E-state index in [0.29, 0.717) is 26.3 Å². The minimum atomic E-state index is -0.611. The van der Waals surface area contributed by atoms with Gasteiger partial charge < -0.3 is 24.8 Å². The van der Waals surface area contributed by atoms with Gasteiger partial charge in [0.2, 0.25) is 5.91 Å². The van der Waals surface area contributed by atoms with Crippen LogP contribution in [-0.4, -0.2) is 74.4 Å². The third kappa shape index (κ3) is 9.78. The number of carbonyl (C=O) groups is 3. The third-order valence-corrected chi connectivity index (χ3v) is 6.84. The van der Waals surface area contributed by atoms with Crippen molar-refractivity contribution in [2.75, 3.05) is 39.4 Å². The van der Waals surface area contributed by atoms with Crippen LogP contribution in [0.2, 0.25) is 0 Å². The molecule has 36 heavy (non-hydrogen) atoms. The zero-order valence-corrected chi connectivity index (χ0v) is 21.4. The number of rotatable bonds is 12. The van der Waals surface area contributed by atoms with Crippen molar-refractivity contribution in [2.45, 2.75) is 70.6 Å². The largest absolute Gasteiger partial charge is 0.465 e. The number of ether oxygens (including phenoxy) is 3. The first-order valence-corrected chi connectivity index (χ1v) is 13.3.